The third-order valence-corrected chi connectivity index (χ3v) is 6.64. The fourth-order valence-electron chi connectivity index (χ4n) is 5.76. The number of rotatable bonds is 4. The van der Waals surface area contributed by atoms with Crippen LogP contribution in [0.2, 0.25) is 5.02 Å². The van der Waals surface area contributed by atoms with E-state index in [0.717, 1.165) is 29.1 Å². The Kier molecular flexibility index (Phi) is 3.57. The Labute approximate surface area is 143 Å². The number of hydrogen-bond acceptors (Lipinski definition) is 2. The minimum atomic E-state index is -0.00332. The van der Waals surface area contributed by atoms with E-state index < -0.39 is 0 Å². The van der Waals surface area contributed by atoms with Crippen molar-refractivity contribution in [1.82, 2.24) is 0 Å². The predicted molar refractivity (Wildman–Crippen MR) is 94.8 cm³/mol. The standard InChI is InChI=1S/C20H24ClNO/c1-12(23)19-17(21)4-3-5-18(19)22-13(2)20-9-14-6-15(10-20)8-16(7-14)11-20/h3-5,14-16,22H,2,6-11H2,1H3. The quantitative estimate of drug-likeness (QED) is 0.719. The van der Waals surface area contributed by atoms with Crippen LogP contribution in [0.5, 0.6) is 0 Å². The molecular formula is C20H24ClNO. The Morgan fingerprint density at radius 3 is 2.26 bits per heavy atom. The lowest BCUT2D eigenvalue weighted by atomic mass is 9.49. The first-order valence-electron chi connectivity index (χ1n) is 8.73. The molecule has 0 heterocycles. The molecule has 3 heteroatoms. The highest BCUT2D eigenvalue weighted by molar-refractivity contribution is 6.34. The Balaban J connectivity index is 1.62. The van der Waals surface area contributed by atoms with Crippen LogP contribution in [0.3, 0.4) is 0 Å². The van der Waals surface area contributed by atoms with Crippen molar-refractivity contribution in [3.63, 3.8) is 0 Å². The molecule has 0 aliphatic heterocycles. The van der Waals surface area contributed by atoms with Crippen molar-refractivity contribution in [2.75, 3.05) is 5.32 Å². The number of anilines is 1. The third kappa shape index (κ3) is 2.52. The first kappa shape index (κ1) is 15.3. The molecule has 2 nitrogen and oxygen atoms in total. The van der Waals surface area contributed by atoms with Gasteiger partial charge in [-0.15, -0.1) is 0 Å². The first-order chi connectivity index (χ1) is 11.0. The maximum absolute atomic E-state index is 12.0. The first-order valence-corrected chi connectivity index (χ1v) is 9.10. The van der Waals surface area contributed by atoms with Gasteiger partial charge in [0.25, 0.3) is 0 Å². The molecule has 0 atom stereocenters. The van der Waals surface area contributed by atoms with Crippen LogP contribution in [-0.4, -0.2) is 5.78 Å². The van der Waals surface area contributed by atoms with Gasteiger partial charge >= 0.3 is 0 Å². The number of ketones is 1. The molecule has 1 aromatic carbocycles. The van der Waals surface area contributed by atoms with Gasteiger partial charge in [-0.1, -0.05) is 24.2 Å². The van der Waals surface area contributed by atoms with Crippen molar-refractivity contribution in [3.05, 3.63) is 41.1 Å². The molecule has 4 fully saturated rings. The molecule has 23 heavy (non-hydrogen) atoms. The van der Waals surface area contributed by atoms with Gasteiger partial charge in [0.1, 0.15) is 0 Å². The zero-order chi connectivity index (χ0) is 16.2. The average Bonchev–Trinajstić information content (AvgIpc) is 2.45. The van der Waals surface area contributed by atoms with E-state index in [0.29, 0.717) is 10.6 Å². The number of halogens is 1. The summed E-state index contributed by atoms with van der Waals surface area (Å²) in [5.74, 6) is 2.64. The lowest BCUT2D eigenvalue weighted by Gasteiger charge is -2.57. The molecule has 0 amide bonds. The van der Waals surface area contributed by atoms with E-state index in [4.69, 9.17) is 11.6 Å². The Bertz CT molecular complexity index is 643. The molecule has 0 radical (unpaired) electrons. The topological polar surface area (TPSA) is 29.1 Å². The molecule has 1 N–H and O–H groups in total. The summed E-state index contributed by atoms with van der Waals surface area (Å²) in [6.45, 7) is 5.97. The van der Waals surface area contributed by atoms with Crippen LogP contribution in [0.4, 0.5) is 5.69 Å². The molecule has 1 aromatic rings. The summed E-state index contributed by atoms with van der Waals surface area (Å²) in [7, 11) is 0. The molecule has 4 aliphatic rings. The van der Waals surface area contributed by atoms with Crippen LogP contribution in [0.1, 0.15) is 55.8 Å². The monoisotopic (exact) mass is 329 g/mol. The third-order valence-electron chi connectivity index (χ3n) is 6.33. The van der Waals surface area contributed by atoms with Crippen molar-refractivity contribution in [2.45, 2.75) is 45.4 Å². The van der Waals surface area contributed by atoms with Gasteiger partial charge in [0.05, 0.1) is 16.3 Å². The van der Waals surface area contributed by atoms with Crippen LogP contribution in [0, 0.1) is 23.2 Å². The van der Waals surface area contributed by atoms with Crippen LogP contribution in [0.25, 0.3) is 0 Å². The number of carbonyl (C=O) groups excluding carboxylic acids is 1. The number of benzene rings is 1. The molecule has 4 aliphatic carbocycles. The van der Waals surface area contributed by atoms with Gasteiger partial charge in [0, 0.05) is 11.1 Å². The van der Waals surface area contributed by atoms with Crippen molar-refractivity contribution >= 4 is 23.1 Å². The van der Waals surface area contributed by atoms with E-state index in [9.17, 15) is 4.79 Å². The van der Waals surface area contributed by atoms with E-state index in [-0.39, 0.29) is 11.2 Å². The summed E-state index contributed by atoms with van der Waals surface area (Å²) >= 11 is 6.24. The van der Waals surface area contributed by atoms with Crippen LogP contribution >= 0.6 is 11.6 Å². The SMILES string of the molecule is C=C(Nc1cccc(Cl)c1C(C)=O)C12CC3CC(CC(C3)C1)C2. The summed E-state index contributed by atoms with van der Waals surface area (Å²) in [6.07, 6.45) is 8.05. The van der Waals surface area contributed by atoms with E-state index in [2.05, 4.69) is 11.9 Å². The van der Waals surface area contributed by atoms with Gasteiger partial charge in [-0.05, 0) is 75.3 Å². The number of Topliss-reactive ketones (excluding diaryl/α,β-unsaturated/α-hetero) is 1. The maximum Gasteiger partial charge on any atom is 0.163 e. The molecular weight excluding hydrogens is 306 g/mol. The van der Waals surface area contributed by atoms with Gasteiger partial charge in [-0.25, -0.2) is 0 Å². The molecule has 0 aromatic heterocycles. The maximum atomic E-state index is 12.0. The van der Waals surface area contributed by atoms with Crippen molar-refractivity contribution in [1.29, 1.82) is 0 Å². The second kappa shape index (κ2) is 5.37. The van der Waals surface area contributed by atoms with E-state index in [1.54, 1.807) is 13.0 Å². The van der Waals surface area contributed by atoms with Gasteiger partial charge < -0.3 is 5.32 Å². The zero-order valence-electron chi connectivity index (χ0n) is 13.7. The van der Waals surface area contributed by atoms with E-state index in [1.165, 1.54) is 38.5 Å². The van der Waals surface area contributed by atoms with Gasteiger partial charge in [0.15, 0.2) is 5.78 Å². The van der Waals surface area contributed by atoms with Crippen LogP contribution in [-0.2, 0) is 0 Å². The average molecular weight is 330 g/mol. The van der Waals surface area contributed by atoms with Gasteiger partial charge in [-0.3, -0.25) is 4.79 Å². The lowest BCUT2D eigenvalue weighted by Crippen LogP contribution is -2.47. The highest BCUT2D eigenvalue weighted by Gasteiger charge is 2.52. The molecule has 0 unspecified atom stereocenters. The minimum Gasteiger partial charge on any atom is -0.358 e. The lowest BCUT2D eigenvalue weighted by molar-refractivity contribution is -0.0295. The fourth-order valence-corrected chi connectivity index (χ4v) is 6.07. The van der Waals surface area contributed by atoms with Crippen LogP contribution < -0.4 is 5.32 Å². The molecule has 4 bridgehead atoms. The summed E-state index contributed by atoms with van der Waals surface area (Å²) in [5.41, 5.74) is 2.72. The van der Waals surface area contributed by atoms with E-state index in [1.807, 2.05) is 12.1 Å². The molecule has 122 valence electrons. The number of carbonyl (C=O) groups is 1. The minimum absolute atomic E-state index is 0.00332. The molecule has 5 rings (SSSR count). The Hall–Kier alpha value is -1.28. The zero-order valence-corrected chi connectivity index (χ0v) is 14.5. The second-order valence-corrected chi connectivity index (χ2v) is 8.43. The highest BCUT2D eigenvalue weighted by Crippen LogP contribution is 2.62. The summed E-state index contributed by atoms with van der Waals surface area (Å²) in [6, 6.07) is 5.61. The van der Waals surface area contributed by atoms with Gasteiger partial charge in [0.2, 0.25) is 0 Å². The van der Waals surface area contributed by atoms with Crippen LogP contribution in [0.15, 0.2) is 30.5 Å². The predicted octanol–water partition coefficient (Wildman–Crippen LogP) is 5.68. The molecule has 0 saturated heterocycles. The summed E-state index contributed by atoms with van der Waals surface area (Å²) in [5, 5.41) is 4.00. The number of hydrogen-bond donors (Lipinski definition) is 1. The second-order valence-electron chi connectivity index (χ2n) is 8.02. The Morgan fingerprint density at radius 1 is 1.17 bits per heavy atom. The Morgan fingerprint density at radius 2 is 1.74 bits per heavy atom. The number of allylic oxidation sites excluding steroid dienone is 1. The summed E-state index contributed by atoms with van der Waals surface area (Å²) < 4.78 is 0. The van der Waals surface area contributed by atoms with Crippen molar-refractivity contribution in [2.24, 2.45) is 23.2 Å². The van der Waals surface area contributed by atoms with Gasteiger partial charge in [-0.2, -0.15) is 0 Å². The summed E-state index contributed by atoms with van der Waals surface area (Å²) in [4.78, 5) is 12.0. The molecule has 0 spiro atoms. The normalized spacial score (nSPS) is 34.4. The van der Waals surface area contributed by atoms with E-state index >= 15 is 0 Å². The molecule has 4 saturated carbocycles. The smallest absolute Gasteiger partial charge is 0.163 e. The van der Waals surface area contributed by atoms with Crippen molar-refractivity contribution in [3.8, 4) is 0 Å². The largest absolute Gasteiger partial charge is 0.358 e. The van der Waals surface area contributed by atoms with Crippen molar-refractivity contribution < 1.29 is 4.79 Å². The highest BCUT2D eigenvalue weighted by atomic mass is 35.5. The fraction of sp³-hybridized carbons (Fsp3) is 0.550. The number of nitrogens with one attached hydrogen (secondary N) is 1.